The van der Waals surface area contributed by atoms with Crippen molar-refractivity contribution < 1.29 is 0 Å². The minimum Gasteiger partial charge on any atom is -0.167 e. The second-order valence-corrected chi connectivity index (χ2v) is 0.191. The van der Waals surface area contributed by atoms with Gasteiger partial charge in [0, 0.05) is 0 Å². The van der Waals surface area contributed by atoms with E-state index in [2.05, 4.69) is 0 Å². The normalized spacial score (nSPS) is 3.75. The van der Waals surface area contributed by atoms with Crippen LogP contribution in [0.25, 0.3) is 0 Å². The Balaban J connectivity index is 2.92. The summed E-state index contributed by atoms with van der Waals surface area (Å²) in [7, 11) is 0. The van der Waals surface area contributed by atoms with Gasteiger partial charge in [-0.2, -0.15) is 5.26 Å². The fourth-order valence-electron chi connectivity index (χ4n) is 0. The first-order valence-electron chi connectivity index (χ1n) is 0.630. The third-order valence-electron chi connectivity index (χ3n) is 0.0408. The van der Waals surface area contributed by atoms with Gasteiger partial charge in [0.05, 0.1) is 5.18 Å². The van der Waals surface area contributed by atoms with Crippen LogP contribution in [0.3, 0.4) is 0 Å². The van der Waals surface area contributed by atoms with Crippen molar-refractivity contribution in [2.75, 3.05) is 0 Å². The summed E-state index contributed by atoms with van der Waals surface area (Å²) in [6, 6.07) is 0. The SMILES string of the molecule is N#CN=O. The van der Waals surface area contributed by atoms with E-state index in [0.717, 1.165) is 6.19 Å². The van der Waals surface area contributed by atoms with Gasteiger partial charge in [0.2, 0.25) is 6.19 Å². The van der Waals surface area contributed by atoms with Crippen molar-refractivity contribution in [3.63, 3.8) is 0 Å². The molecular weight excluding hydrogens is 56.0 g/mol. The Bertz CT molecular complexity index is 51.5. The van der Waals surface area contributed by atoms with Gasteiger partial charge in [0.15, 0.2) is 0 Å². The van der Waals surface area contributed by atoms with E-state index in [1.54, 1.807) is 5.18 Å². The summed E-state index contributed by atoms with van der Waals surface area (Å²) in [6.45, 7) is 0. The molecular formula is CN2O. The van der Waals surface area contributed by atoms with E-state index < -0.39 is 0 Å². The summed E-state index contributed by atoms with van der Waals surface area (Å²) in [6.07, 6.45) is 1.00. The maximum Gasteiger partial charge on any atom is 0.248 e. The summed E-state index contributed by atoms with van der Waals surface area (Å²) >= 11 is 0. The lowest BCUT2D eigenvalue weighted by atomic mass is 11.5. The number of hydrogen-bond acceptors (Lipinski definition) is 3. The fourth-order valence-corrected chi connectivity index (χ4v) is 0. The van der Waals surface area contributed by atoms with Gasteiger partial charge in [-0.1, -0.05) is 0 Å². The first-order chi connectivity index (χ1) is 1.91. The van der Waals surface area contributed by atoms with Gasteiger partial charge < -0.3 is 0 Å². The van der Waals surface area contributed by atoms with Gasteiger partial charge in [-0.25, -0.2) is 0 Å². The molecule has 0 radical (unpaired) electrons. The van der Waals surface area contributed by atoms with Crippen LogP contribution in [0.1, 0.15) is 0 Å². The molecule has 0 unspecified atom stereocenters. The molecule has 3 nitrogen and oxygen atoms in total. The van der Waals surface area contributed by atoms with Gasteiger partial charge in [0.25, 0.3) is 0 Å². The zero-order valence-electron chi connectivity index (χ0n) is 1.80. The Morgan fingerprint density at radius 2 is 2.25 bits per heavy atom. The van der Waals surface area contributed by atoms with Crippen LogP contribution in [-0.4, -0.2) is 0 Å². The number of nitroso groups, excluding NO2 is 1. The largest absolute Gasteiger partial charge is 0.248 e. The average Bonchev–Trinajstić information content (AvgIpc) is 1.37. The van der Waals surface area contributed by atoms with Gasteiger partial charge in [-0.15, -0.1) is 4.91 Å². The molecule has 0 aromatic heterocycles. The quantitative estimate of drug-likeness (QED) is 0.294. The lowest BCUT2D eigenvalue weighted by molar-refractivity contribution is 1.43. The van der Waals surface area contributed by atoms with Crippen molar-refractivity contribution in [1.82, 2.24) is 0 Å². The predicted molar refractivity (Wildman–Crippen MR) is 11.4 cm³/mol. The monoisotopic (exact) mass is 56.0 g/mol. The van der Waals surface area contributed by atoms with Gasteiger partial charge in [0.1, 0.15) is 0 Å². The molecule has 0 spiro atoms. The summed E-state index contributed by atoms with van der Waals surface area (Å²) < 4.78 is 0. The number of nitriles is 1. The molecule has 20 valence electrons. The van der Waals surface area contributed by atoms with Crippen LogP contribution >= 0.6 is 0 Å². The second kappa shape index (κ2) is 2.09. The molecule has 3 heteroatoms. The number of hydrogen-bond donors (Lipinski definition) is 0. The molecule has 0 bridgehead atoms. The number of rotatable bonds is 0. The minimum absolute atomic E-state index is 1.00. The molecule has 4 heavy (non-hydrogen) atoms. The van der Waals surface area contributed by atoms with Crippen molar-refractivity contribution in [2.45, 2.75) is 0 Å². The molecule has 0 N–H and O–H groups in total. The van der Waals surface area contributed by atoms with E-state index in [4.69, 9.17) is 10.2 Å². The molecule has 0 aromatic rings. The lowest BCUT2D eigenvalue weighted by Crippen LogP contribution is -1.24. The van der Waals surface area contributed by atoms with Crippen LogP contribution in [0.15, 0.2) is 5.18 Å². The van der Waals surface area contributed by atoms with Crippen LogP contribution in [0.2, 0.25) is 0 Å². The molecule has 0 atom stereocenters. The van der Waals surface area contributed by atoms with E-state index in [9.17, 15) is 0 Å². The molecule has 0 saturated carbocycles. The molecule has 0 fully saturated rings. The van der Waals surface area contributed by atoms with Crippen LogP contribution in [0.4, 0.5) is 0 Å². The summed E-state index contributed by atoms with van der Waals surface area (Å²) in [5.41, 5.74) is 0. The van der Waals surface area contributed by atoms with Crippen molar-refractivity contribution >= 4 is 0 Å². The summed E-state index contributed by atoms with van der Waals surface area (Å²) in [4.78, 5) is 8.56. The van der Waals surface area contributed by atoms with Gasteiger partial charge in [-0.3, -0.25) is 0 Å². The molecule has 0 aliphatic heterocycles. The molecule has 0 amide bonds. The highest BCUT2D eigenvalue weighted by Gasteiger charge is 1.42. The van der Waals surface area contributed by atoms with E-state index in [1.807, 2.05) is 0 Å². The smallest absolute Gasteiger partial charge is 0.167 e. The Labute approximate surface area is 22.8 Å². The van der Waals surface area contributed by atoms with E-state index >= 15 is 0 Å². The van der Waals surface area contributed by atoms with Crippen molar-refractivity contribution in [3.8, 4) is 6.19 Å². The van der Waals surface area contributed by atoms with Gasteiger partial charge >= 0.3 is 0 Å². The Morgan fingerprint density at radius 1 is 2.00 bits per heavy atom. The van der Waals surface area contributed by atoms with Gasteiger partial charge in [-0.05, 0) is 0 Å². The number of nitrogens with zero attached hydrogens (tertiary/aromatic N) is 2. The average molecular weight is 56.0 g/mol. The topological polar surface area (TPSA) is 53.2 Å². The first kappa shape index (κ1) is 3.09. The molecule has 0 heterocycles. The summed E-state index contributed by atoms with van der Waals surface area (Å²) in [5.74, 6) is 0. The highest BCUT2D eigenvalue weighted by atomic mass is 16.2. The zero-order chi connectivity index (χ0) is 3.41. The Hall–Kier alpha value is -0.910. The third-order valence-corrected chi connectivity index (χ3v) is 0.0408. The van der Waals surface area contributed by atoms with Crippen LogP contribution in [0.5, 0.6) is 0 Å². The molecule has 0 aliphatic carbocycles. The zero-order valence-corrected chi connectivity index (χ0v) is 1.80. The van der Waals surface area contributed by atoms with Crippen LogP contribution in [0, 0.1) is 16.4 Å². The molecule has 0 rings (SSSR count). The highest BCUT2D eigenvalue weighted by Crippen LogP contribution is 1.41. The fraction of sp³-hybridized carbons (Fsp3) is 0. The maximum absolute atomic E-state index is 8.56. The van der Waals surface area contributed by atoms with Crippen LogP contribution in [-0.2, 0) is 0 Å². The predicted octanol–water partition coefficient (Wildman–Crippen LogP) is 0.234. The Morgan fingerprint density at radius 3 is 2.25 bits per heavy atom. The lowest BCUT2D eigenvalue weighted by Gasteiger charge is -1.24. The van der Waals surface area contributed by atoms with Crippen molar-refractivity contribution in [2.24, 2.45) is 5.18 Å². The molecule has 0 aliphatic rings. The Kier molecular flexibility index (Phi) is 1.61. The molecule has 0 aromatic carbocycles. The van der Waals surface area contributed by atoms with Crippen molar-refractivity contribution in [3.05, 3.63) is 4.91 Å². The summed E-state index contributed by atoms with van der Waals surface area (Å²) in [5, 5.41) is 8.94. The van der Waals surface area contributed by atoms with Crippen molar-refractivity contribution in [1.29, 1.82) is 5.26 Å². The van der Waals surface area contributed by atoms with Crippen LogP contribution < -0.4 is 0 Å². The highest BCUT2D eigenvalue weighted by molar-refractivity contribution is 4.58. The van der Waals surface area contributed by atoms with E-state index in [1.165, 1.54) is 0 Å². The minimum atomic E-state index is 1.00. The third kappa shape index (κ3) is 1.09. The van der Waals surface area contributed by atoms with E-state index in [-0.39, 0.29) is 0 Å². The first-order valence-corrected chi connectivity index (χ1v) is 0.630. The van der Waals surface area contributed by atoms with E-state index in [0.29, 0.717) is 0 Å². The molecule has 0 saturated heterocycles. The second-order valence-electron chi connectivity index (χ2n) is 0.191. The standard InChI is InChI=1S/CN2O/c2-1-3-4. The maximum atomic E-state index is 8.56.